The van der Waals surface area contributed by atoms with E-state index in [2.05, 4.69) is 4.74 Å². The van der Waals surface area contributed by atoms with Crippen molar-refractivity contribution in [3.8, 4) is 5.75 Å². The number of amides is 1. The third-order valence-electron chi connectivity index (χ3n) is 3.09. The van der Waals surface area contributed by atoms with Crippen molar-refractivity contribution in [2.75, 3.05) is 20.3 Å². The minimum absolute atomic E-state index is 0.0498. The molecule has 0 atom stereocenters. The summed E-state index contributed by atoms with van der Waals surface area (Å²) < 4.78 is 22.7. The summed E-state index contributed by atoms with van der Waals surface area (Å²) in [6, 6.07) is 5.63. The van der Waals surface area contributed by atoms with Crippen molar-refractivity contribution in [2.24, 2.45) is 0 Å². The smallest absolute Gasteiger partial charge is 0.325 e. The second kappa shape index (κ2) is 9.02. The summed E-state index contributed by atoms with van der Waals surface area (Å²) in [4.78, 5) is 24.9. The van der Waals surface area contributed by atoms with Gasteiger partial charge < -0.3 is 14.4 Å². The van der Waals surface area contributed by atoms with E-state index in [-0.39, 0.29) is 30.7 Å². The lowest BCUT2D eigenvalue weighted by Gasteiger charge is -2.25. The number of halogens is 1. The molecule has 22 heavy (non-hydrogen) atoms. The lowest BCUT2D eigenvalue weighted by Crippen LogP contribution is -2.41. The van der Waals surface area contributed by atoms with Crippen LogP contribution in [0.5, 0.6) is 5.75 Å². The van der Waals surface area contributed by atoms with Crippen molar-refractivity contribution in [1.82, 2.24) is 4.90 Å². The molecule has 0 heterocycles. The van der Waals surface area contributed by atoms with E-state index in [1.54, 1.807) is 0 Å². The third-order valence-corrected chi connectivity index (χ3v) is 3.09. The summed E-state index contributed by atoms with van der Waals surface area (Å²) in [5.41, 5.74) is 0. The van der Waals surface area contributed by atoms with E-state index in [1.165, 1.54) is 36.3 Å². The van der Waals surface area contributed by atoms with Gasteiger partial charge in [-0.15, -0.1) is 0 Å². The lowest BCUT2D eigenvalue weighted by molar-refractivity contribution is -0.148. The molecule has 0 aliphatic carbocycles. The molecule has 0 unspecified atom stereocenters. The minimum Gasteiger partial charge on any atom is -0.494 e. The summed E-state index contributed by atoms with van der Waals surface area (Å²) in [6.45, 7) is 3.99. The molecule has 0 N–H and O–H groups in total. The van der Waals surface area contributed by atoms with Gasteiger partial charge in [0.25, 0.3) is 0 Å². The Kier molecular flexibility index (Phi) is 7.36. The molecule has 0 bridgehead atoms. The molecule has 0 saturated heterocycles. The monoisotopic (exact) mass is 311 g/mol. The largest absolute Gasteiger partial charge is 0.494 e. The van der Waals surface area contributed by atoms with Crippen LogP contribution in [0.2, 0.25) is 0 Å². The van der Waals surface area contributed by atoms with Crippen molar-refractivity contribution in [3.05, 3.63) is 30.1 Å². The number of hydrogen-bond acceptors (Lipinski definition) is 4. The van der Waals surface area contributed by atoms with Crippen LogP contribution in [0.3, 0.4) is 0 Å². The first-order chi connectivity index (χ1) is 10.4. The zero-order valence-corrected chi connectivity index (χ0v) is 13.2. The zero-order chi connectivity index (χ0) is 16.5. The van der Waals surface area contributed by atoms with Crippen LogP contribution in [0, 0.1) is 5.82 Å². The van der Waals surface area contributed by atoms with E-state index in [1.807, 2.05) is 13.8 Å². The number of esters is 1. The maximum Gasteiger partial charge on any atom is 0.325 e. The number of benzene rings is 1. The Morgan fingerprint density at radius 2 is 1.86 bits per heavy atom. The van der Waals surface area contributed by atoms with E-state index < -0.39 is 5.97 Å². The Morgan fingerprint density at radius 1 is 1.23 bits per heavy atom. The Labute approximate surface area is 130 Å². The lowest BCUT2D eigenvalue weighted by atomic mass is 10.2. The predicted molar refractivity (Wildman–Crippen MR) is 80.0 cm³/mol. The van der Waals surface area contributed by atoms with Crippen LogP contribution in [0.4, 0.5) is 4.39 Å². The maximum absolute atomic E-state index is 12.7. The molecule has 1 aromatic carbocycles. The van der Waals surface area contributed by atoms with Gasteiger partial charge in [-0.25, -0.2) is 4.39 Å². The fraction of sp³-hybridized carbons (Fsp3) is 0.500. The number of carbonyl (C=O) groups is 2. The van der Waals surface area contributed by atoms with Crippen molar-refractivity contribution in [3.63, 3.8) is 0 Å². The second-order valence-corrected chi connectivity index (χ2v) is 5.10. The Hall–Kier alpha value is -2.11. The molecule has 0 aromatic heterocycles. The van der Waals surface area contributed by atoms with Crippen molar-refractivity contribution in [2.45, 2.75) is 32.7 Å². The molecule has 0 radical (unpaired) electrons. The molecular weight excluding hydrogens is 289 g/mol. The fourth-order valence-electron chi connectivity index (χ4n) is 1.85. The van der Waals surface area contributed by atoms with E-state index in [9.17, 15) is 14.0 Å². The van der Waals surface area contributed by atoms with Crippen molar-refractivity contribution in [1.29, 1.82) is 0 Å². The molecule has 5 nitrogen and oxygen atoms in total. The molecule has 122 valence electrons. The molecule has 0 aliphatic heterocycles. The molecule has 0 spiro atoms. The highest BCUT2D eigenvalue weighted by Crippen LogP contribution is 2.12. The van der Waals surface area contributed by atoms with Gasteiger partial charge in [-0.1, -0.05) is 0 Å². The first-order valence-corrected chi connectivity index (χ1v) is 7.18. The molecule has 1 rings (SSSR count). The summed E-state index contributed by atoms with van der Waals surface area (Å²) in [5.74, 6) is -0.324. The molecular formula is C16H22FNO4. The summed E-state index contributed by atoms with van der Waals surface area (Å²) in [5, 5.41) is 0. The second-order valence-electron chi connectivity index (χ2n) is 5.10. The van der Waals surface area contributed by atoms with E-state index in [4.69, 9.17) is 4.74 Å². The zero-order valence-electron chi connectivity index (χ0n) is 13.2. The van der Waals surface area contributed by atoms with Gasteiger partial charge in [0, 0.05) is 12.5 Å². The van der Waals surface area contributed by atoms with Gasteiger partial charge in [-0.2, -0.15) is 0 Å². The van der Waals surface area contributed by atoms with Crippen LogP contribution in [0.1, 0.15) is 26.7 Å². The van der Waals surface area contributed by atoms with Crippen molar-refractivity contribution < 1.29 is 23.5 Å². The van der Waals surface area contributed by atoms with Gasteiger partial charge in [0.05, 0.1) is 13.7 Å². The molecule has 0 fully saturated rings. The summed E-state index contributed by atoms with van der Waals surface area (Å²) in [6.07, 6.45) is 0.789. The van der Waals surface area contributed by atoms with Crippen LogP contribution < -0.4 is 4.74 Å². The number of carbonyl (C=O) groups excluding carboxylic acids is 2. The van der Waals surface area contributed by atoms with E-state index >= 15 is 0 Å². The van der Waals surface area contributed by atoms with Crippen LogP contribution in [0.15, 0.2) is 24.3 Å². The van der Waals surface area contributed by atoms with Crippen molar-refractivity contribution >= 4 is 11.9 Å². The van der Waals surface area contributed by atoms with Crippen LogP contribution in [-0.2, 0) is 14.3 Å². The number of ether oxygens (including phenoxy) is 2. The van der Waals surface area contributed by atoms with Gasteiger partial charge in [0.1, 0.15) is 18.1 Å². The van der Waals surface area contributed by atoms with Gasteiger partial charge in [-0.05, 0) is 44.5 Å². The quantitative estimate of drug-likeness (QED) is 0.546. The highest BCUT2D eigenvalue weighted by molar-refractivity contribution is 5.82. The van der Waals surface area contributed by atoms with Gasteiger partial charge in [-0.3, -0.25) is 9.59 Å². The molecule has 0 saturated carbocycles. The summed E-state index contributed by atoms with van der Waals surface area (Å²) in [7, 11) is 1.29. The van der Waals surface area contributed by atoms with Gasteiger partial charge in [0.15, 0.2) is 0 Å². The van der Waals surface area contributed by atoms with Crippen LogP contribution >= 0.6 is 0 Å². The highest BCUT2D eigenvalue weighted by atomic mass is 19.1. The first-order valence-electron chi connectivity index (χ1n) is 7.18. The van der Waals surface area contributed by atoms with Gasteiger partial charge >= 0.3 is 5.97 Å². The molecule has 6 heteroatoms. The van der Waals surface area contributed by atoms with E-state index in [0.29, 0.717) is 18.8 Å². The topological polar surface area (TPSA) is 55.8 Å². The molecule has 1 aromatic rings. The first kappa shape index (κ1) is 17.9. The Balaban J connectivity index is 2.36. The number of methoxy groups -OCH3 is 1. The normalized spacial score (nSPS) is 10.4. The standard InChI is InChI=1S/C16H22FNO4/c1-12(2)18(11-16(20)21-3)15(19)5-4-10-22-14-8-6-13(17)7-9-14/h6-9,12H,4-5,10-11H2,1-3H3. The van der Waals surface area contributed by atoms with Gasteiger partial charge in [0.2, 0.25) is 5.91 Å². The van der Waals surface area contributed by atoms with Crippen LogP contribution in [0.25, 0.3) is 0 Å². The minimum atomic E-state index is -0.440. The number of hydrogen-bond donors (Lipinski definition) is 0. The predicted octanol–water partition coefficient (Wildman–Crippen LogP) is 2.39. The molecule has 0 aliphatic rings. The van der Waals surface area contributed by atoms with Crippen LogP contribution in [-0.4, -0.2) is 43.1 Å². The third kappa shape index (κ3) is 6.11. The average Bonchev–Trinajstić information content (AvgIpc) is 2.50. The number of rotatable bonds is 8. The average molecular weight is 311 g/mol. The fourth-order valence-corrected chi connectivity index (χ4v) is 1.85. The Morgan fingerprint density at radius 3 is 2.41 bits per heavy atom. The van der Waals surface area contributed by atoms with E-state index in [0.717, 1.165) is 0 Å². The molecule has 1 amide bonds. The maximum atomic E-state index is 12.7. The summed E-state index contributed by atoms with van der Waals surface area (Å²) >= 11 is 0. The Bertz CT molecular complexity index is 487. The SMILES string of the molecule is COC(=O)CN(C(=O)CCCOc1ccc(F)cc1)C(C)C. The number of nitrogens with zero attached hydrogens (tertiary/aromatic N) is 1. The highest BCUT2D eigenvalue weighted by Gasteiger charge is 2.19.